The molecule has 1 aliphatic heterocycles. The van der Waals surface area contributed by atoms with Crippen LogP contribution in [0.5, 0.6) is 0 Å². The molecule has 0 spiro atoms. The molecule has 8 nitrogen and oxygen atoms in total. The summed E-state index contributed by atoms with van der Waals surface area (Å²) in [5.74, 6) is 0.0506. The molecular formula is C12H19N5O3S. The van der Waals surface area contributed by atoms with Crippen LogP contribution < -0.4 is 10.6 Å². The molecule has 0 unspecified atom stereocenters. The predicted molar refractivity (Wildman–Crippen MR) is 77.2 cm³/mol. The fourth-order valence-electron chi connectivity index (χ4n) is 2.13. The number of carbonyl (C=O) groups is 1. The molecule has 0 atom stereocenters. The van der Waals surface area contributed by atoms with Gasteiger partial charge < -0.3 is 10.6 Å². The molecule has 116 valence electrons. The molecule has 1 aromatic rings. The van der Waals surface area contributed by atoms with Crippen LogP contribution in [-0.2, 0) is 14.8 Å². The molecule has 9 heteroatoms. The average Bonchev–Trinajstić information content (AvgIpc) is 2.42. The number of amides is 1. The summed E-state index contributed by atoms with van der Waals surface area (Å²) < 4.78 is 26.5. The Morgan fingerprint density at radius 1 is 1.38 bits per heavy atom. The second kappa shape index (κ2) is 5.57. The molecular weight excluding hydrogens is 294 g/mol. The van der Waals surface area contributed by atoms with Crippen molar-refractivity contribution >= 4 is 21.9 Å². The van der Waals surface area contributed by atoms with Gasteiger partial charge in [0.15, 0.2) is 0 Å². The van der Waals surface area contributed by atoms with Crippen molar-refractivity contribution < 1.29 is 13.2 Å². The molecule has 1 aliphatic rings. The first-order valence-electron chi connectivity index (χ1n) is 6.67. The molecule has 2 N–H and O–H groups in total. The standard InChI is InChI=1S/C12H19N5O3S/c1-4-13-11-15-7-9(8-16-11)21(19,20)17-6-5-14-10(18)12(17,2)3/h7-8H,4-6H2,1-3H3,(H,14,18)(H,13,15,16). The van der Waals surface area contributed by atoms with Gasteiger partial charge >= 0.3 is 0 Å². The van der Waals surface area contributed by atoms with E-state index >= 15 is 0 Å². The number of aromatic nitrogens is 2. The molecule has 1 amide bonds. The predicted octanol–water partition coefficient (Wildman–Crippen LogP) is -0.192. The van der Waals surface area contributed by atoms with Crippen LogP contribution in [0.4, 0.5) is 5.95 Å². The lowest BCUT2D eigenvalue weighted by molar-refractivity contribution is -0.131. The van der Waals surface area contributed by atoms with Crippen LogP contribution in [0.2, 0.25) is 0 Å². The third-order valence-corrected chi connectivity index (χ3v) is 5.36. The van der Waals surface area contributed by atoms with Gasteiger partial charge in [-0.2, -0.15) is 4.31 Å². The molecule has 1 aromatic heterocycles. The molecule has 2 rings (SSSR count). The SMILES string of the molecule is CCNc1ncc(S(=O)(=O)N2CCNC(=O)C2(C)C)cn1. The van der Waals surface area contributed by atoms with Gasteiger partial charge in [-0.25, -0.2) is 18.4 Å². The lowest BCUT2D eigenvalue weighted by Gasteiger charge is -2.39. The molecule has 2 heterocycles. The summed E-state index contributed by atoms with van der Waals surface area (Å²) in [5, 5.41) is 5.56. The van der Waals surface area contributed by atoms with Crippen LogP contribution >= 0.6 is 0 Å². The fraction of sp³-hybridized carbons (Fsp3) is 0.583. The zero-order chi connectivity index (χ0) is 15.7. The van der Waals surface area contributed by atoms with Gasteiger partial charge in [-0.05, 0) is 20.8 Å². The number of sulfonamides is 1. The molecule has 1 saturated heterocycles. The van der Waals surface area contributed by atoms with Crippen molar-refractivity contribution in [2.45, 2.75) is 31.2 Å². The smallest absolute Gasteiger partial charge is 0.247 e. The van der Waals surface area contributed by atoms with Crippen LogP contribution in [0.15, 0.2) is 17.3 Å². The Morgan fingerprint density at radius 2 is 2.00 bits per heavy atom. The van der Waals surface area contributed by atoms with Crippen molar-refractivity contribution in [3.8, 4) is 0 Å². The highest BCUT2D eigenvalue weighted by Crippen LogP contribution is 2.26. The Hall–Kier alpha value is -1.74. The zero-order valence-electron chi connectivity index (χ0n) is 12.3. The van der Waals surface area contributed by atoms with E-state index in [2.05, 4.69) is 20.6 Å². The zero-order valence-corrected chi connectivity index (χ0v) is 13.1. The summed E-state index contributed by atoms with van der Waals surface area (Å²) >= 11 is 0. The van der Waals surface area contributed by atoms with E-state index in [0.717, 1.165) is 0 Å². The van der Waals surface area contributed by atoms with Crippen molar-refractivity contribution in [3.05, 3.63) is 12.4 Å². The van der Waals surface area contributed by atoms with E-state index in [-0.39, 0.29) is 23.9 Å². The number of nitrogens with one attached hydrogen (secondary N) is 2. The van der Waals surface area contributed by atoms with Gasteiger partial charge in [0.2, 0.25) is 21.9 Å². The Morgan fingerprint density at radius 3 is 2.57 bits per heavy atom. The second-order valence-corrected chi connectivity index (χ2v) is 7.03. The summed E-state index contributed by atoms with van der Waals surface area (Å²) in [6, 6.07) is 0. The van der Waals surface area contributed by atoms with E-state index in [9.17, 15) is 13.2 Å². The number of hydrogen-bond donors (Lipinski definition) is 2. The van der Waals surface area contributed by atoms with Crippen LogP contribution in [0, 0.1) is 0 Å². The molecule has 1 fully saturated rings. The van der Waals surface area contributed by atoms with Gasteiger partial charge in [0, 0.05) is 19.6 Å². The Kier molecular flexibility index (Phi) is 4.15. The maximum absolute atomic E-state index is 12.7. The van der Waals surface area contributed by atoms with Gasteiger partial charge in [0.25, 0.3) is 0 Å². The Bertz CT molecular complexity index is 627. The normalized spacial score (nSPS) is 19.1. The van der Waals surface area contributed by atoms with Gasteiger partial charge in [-0.1, -0.05) is 0 Å². The minimum Gasteiger partial charge on any atom is -0.355 e. The summed E-state index contributed by atoms with van der Waals surface area (Å²) in [4.78, 5) is 19.8. The summed E-state index contributed by atoms with van der Waals surface area (Å²) in [6.45, 7) is 6.20. The third-order valence-electron chi connectivity index (χ3n) is 3.33. The lowest BCUT2D eigenvalue weighted by Crippen LogP contribution is -2.63. The number of piperazine rings is 1. The summed E-state index contributed by atoms with van der Waals surface area (Å²) in [6.07, 6.45) is 2.51. The number of rotatable bonds is 4. The molecule has 0 aromatic carbocycles. The van der Waals surface area contributed by atoms with Crippen molar-refractivity contribution in [1.82, 2.24) is 19.6 Å². The highest BCUT2D eigenvalue weighted by molar-refractivity contribution is 7.89. The van der Waals surface area contributed by atoms with Gasteiger partial charge in [0.1, 0.15) is 10.4 Å². The topological polar surface area (TPSA) is 104 Å². The van der Waals surface area contributed by atoms with E-state index in [4.69, 9.17) is 0 Å². The van der Waals surface area contributed by atoms with E-state index < -0.39 is 15.6 Å². The Labute approximate surface area is 124 Å². The summed E-state index contributed by atoms with van der Waals surface area (Å²) in [7, 11) is -3.81. The summed E-state index contributed by atoms with van der Waals surface area (Å²) in [5.41, 5.74) is -1.14. The minimum atomic E-state index is -3.81. The van der Waals surface area contributed by atoms with Gasteiger partial charge in [0.05, 0.1) is 12.4 Å². The maximum Gasteiger partial charge on any atom is 0.247 e. The number of anilines is 1. The average molecular weight is 313 g/mol. The van der Waals surface area contributed by atoms with Gasteiger partial charge in [-0.15, -0.1) is 0 Å². The second-order valence-electron chi connectivity index (χ2n) is 5.16. The first kappa shape index (κ1) is 15.6. The molecule has 0 saturated carbocycles. The van der Waals surface area contributed by atoms with Crippen molar-refractivity contribution in [2.75, 3.05) is 25.0 Å². The molecule has 0 aliphatic carbocycles. The van der Waals surface area contributed by atoms with E-state index in [1.807, 2.05) is 6.92 Å². The van der Waals surface area contributed by atoms with Crippen molar-refractivity contribution in [2.24, 2.45) is 0 Å². The van der Waals surface area contributed by atoms with Crippen LogP contribution in [0.25, 0.3) is 0 Å². The first-order chi connectivity index (χ1) is 9.80. The van der Waals surface area contributed by atoms with E-state index in [0.29, 0.717) is 12.5 Å². The highest BCUT2D eigenvalue weighted by atomic mass is 32.2. The minimum absolute atomic E-state index is 0.0214. The van der Waals surface area contributed by atoms with E-state index in [1.54, 1.807) is 13.8 Å². The molecule has 0 bridgehead atoms. The fourth-order valence-corrected chi connectivity index (χ4v) is 3.77. The van der Waals surface area contributed by atoms with Crippen LogP contribution in [-0.4, -0.2) is 53.8 Å². The number of hydrogen-bond acceptors (Lipinski definition) is 6. The monoisotopic (exact) mass is 313 g/mol. The first-order valence-corrected chi connectivity index (χ1v) is 8.11. The lowest BCUT2D eigenvalue weighted by atomic mass is 10.0. The number of nitrogens with zero attached hydrogens (tertiary/aromatic N) is 3. The van der Waals surface area contributed by atoms with Gasteiger partial charge in [-0.3, -0.25) is 4.79 Å². The van der Waals surface area contributed by atoms with Crippen molar-refractivity contribution in [1.29, 1.82) is 0 Å². The Balaban J connectivity index is 2.34. The van der Waals surface area contributed by atoms with Crippen LogP contribution in [0.3, 0.4) is 0 Å². The highest BCUT2D eigenvalue weighted by Gasteiger charge is 2.45. The maximum atomic E-state index is 12.7. The molecule has 21 heavy (non-hydrogen) atoms. The van der Waals surface area contributed by atoms with Crippen molar-refractivity contribution in [3.63, 3.8) is 0 Å². The third kappa shape index (κ3) is 2.84. The molecule has 0 radical (unpaired) electrons. The quantitative estimate of drug-likeness (QED) is 0.798. The number of carbonyl (C=O) groups excluding carboxylic acids is 1. The van der Waals surface area contributed by atoms with Crippen LogP contribution in [0.1, 0.15) is 20.8 Å². The largest absolute Gasteiger partial charge is 0.355 e. The van der Waals surface area contributed by atoms with E-state index in [1.165, 1.54) is 16.7 Å².